The van der Waals surface area contributed by atoms with Crippen LogP contribution in [0.2, 0.25) is 0 Å². The van der Waals surface area contributed by atoms with Crippen LogP contribution < -0.4 is 0 Å². The zero-order valence-corrected chi connectivity index (χ0v) is 16.4. The molecule has 0 unspecified atom stereocenters. The van der Waals surface area contributed by atoms with Gasteiger partial charge in [-0.05, 0) is 19.9 Å². The number of nitrogens with zero attached hydrogens (tertiary/aromatic N) is 2. The molecule has 134 valence electrons. The second-order valence-corrected chi connectivity index (χ2v) is 8.88. The molecule has 1 saturated heterocycles. The lowest BCUT2D eigenvalue weighted by Crippen LogP contribution is -2.45. The van der Waals surface area contributed by atoms with Crippen molar-refractivity contribution in [1.82, 2.24) is 9.80 Å². The average Bonchev–Trinajstić information content (AvgIpc) is 2.56. The fourth-order valence-electron chi connectivity index (χ4n) is 2.43. The Labute approximate surface area is 149 Å². The predicted octanol–water partition coefficient (Wildman–Crippen LogP) is 3.11. The molecule has 0 aliphatic carbocycles. The van der Waals surface area contributed by atoms with Gasteiger partial charge < -0.3 is 9.80 Å². The molecule has 0 amide bonds. The van der Waals surface area contributed by atoms with E-state index in [1.165, 1.54) is 0 Å². The number of carbonyl (C=O) groups is 2. The Balaban J connectivity index is 1.87. The molecule has 0 spiro atoms. The minimum atomic E-state index is 0.363. The molecule has 23 heavy (non-hydrogen) atoms. The summed E-state index contributed by atoms with van der Waals surface area (Å²) < 4.78 is 0. The molecule has 0 radical (unpaired) electrons. The highest BCUT2D eigenvalue weighted by Gasteiger charge is 2.14. The van der Waals surface area contributed by atoms with Crippen molar-refractivity contribution in [2.24, 2.45) is 0 Å². The molecule has 6 heteroatoms. The molecule has 0 aromatic rings. The predicted molar refractivity (Wildman–Crippen MR) is 102 cm³/mol. The number of likely N-dealkylation sites (N-methyl/N-ethyl adjacent to an activating group) is 1. The summed E-state index contributed by atoms with van der Waals surface area (Å²) in [4.78, 5) is 27.8. The highest BCUT2D eigenvalue weighted by Crippen LogP contribution is 2.24. The minimum absolute atomic E-state index is 0.363. The van der Waals surface area contributed by atoms with Gasteiger partial charge in [0.1, 0.15) is 11.6 Å². The van der Waals surface area contributed by atoms with E-state index in [1.807, 2.05) is 28.5 Å². The van der Waals surface area contributed by atoms with Crippen LogP contribution in [0.25, 0.3) is 0 Å². The summed E-state index contributed by atoms with van der Waals surface area (Å²) in [6.07, 6.45) is 4.76. The van der Waals surface area contributed by atoms with E-state index >= 15 is 0 Å². The maximum Gasteiger partial charge on any atom is 0.134 e. The van der Waals surface area contributed by atoms with Gasteiger partial charge >= 0.3 is 0 Å². The molecule has 1 rings (SSSR count). The number of hydrogen-bond acceptors (Lipinski definition) is 6. The van der Waals surface area contributed by atoms with E-state index in [4.69, 9.17) is 0 Å². The SMILES string of the molecule is CCC(=O)CCCSSCCCC(=O)CCN1CCN(C)CC1. The van der Waals surface area contributed by atoms with Crippen molar-refractivity contribution in [3.05, 3.63) is 0 Å². The van der Waals surface area contributed by atoms with Crippen LogP contribution in [0.1, 0.15) is 45.4 Å². The number of rotatable bonds is 13. The third-order valence-corrected chi connectivity index (χ3v) is 6.72. The zero-order valence-electron chi connectivity index (χ0n) is 14.7. The van der Waals surface area contributed by atoms with Crippen LogP contribution in [-0.2, 0) is 9.59 Å². The van der Waals surface area contributed by atoms with E-state index < -0.39 is 0 Å². The van der Waals surface area contributed by atoms with Gasteiger partial charge in [-0.25, -0.2) is 0 Å². The first-order chi connectivity index (χ1) is 11.1. The molecule has 0 N–H and O–H groups in total. The number of hydrogen-bond donors (Lipinski definition) is 0. The largest absolute Gasteiger partial charge is 0.304 e. The van der Waals surface area contributed by atoms with E-state index in [0.717, 1.165) is 69.9 Å². The maximum atomic E-state index is 11.9. The fraction of sp³-hybridized carbons (Fsp3) is 0.882. The van der Waals surface area contributed by atoms with Crippen molar-refractivity contribution in [1.29, 1.82) is 0 Å². The van der Waals surface area contributed by atoms with Gasteiger partial charge in [0.05, 0.1) is 0 Å². The van der Waals surface area contributed by atoms with Crippen LogP contribution in [0.15, 0.2) is 0 Å². The third-order valence-electron chi connectivity index (χ3n) is 4.15. The lowest BCUT2D eigenvalue weighted by atomic mass is 10.1. The Bertz CT molecular complexity index is 345. The highest BCUT2D eigenvalue weighted by atomic mass is 33.1. The summed E-state index contributed by atoms with van der Waals surface area (Å²) in [6.45, 7) is 7.27. The minimum Gasteiger partial charge on any atom is -0.304 e. The fourth-order valence-corrected chi connectivity index (χ4v) is 4.60. The first kappa shape index (κ1) is 21.0. The molecule has 1 aliphatic rings. The molecule has 0 atom stereocenters. The Morgan fingerprint density at radius 2 is 1.43 bits per heavy atom. The first-order valence-corrected chi connectivity index (χ1v) is 11.3. The first-order valence-electron chi connectivity index (χ1n) is 8.80. The van der Waals surface area contributed by atoms with Gasteiger partial charge in [0, 0.05) is 69.9 Å². The van der Waals surface area contributed by atoms with Gasteiger partial charge in [0.25, 0.3) is 0 Å². The summed E-state index contributed by atoms with van der Waals surface area (Å²) in [5.41, 5.74) is 0. The van der Waals surface area contributed by atoms with E-state index in [1.54, 1.807) is 0 Å². The normalized spacial score (nSPS) is 16.6. The molecule has 0 aromatic carbocycles. The molecule has 0 aromatic heterocycles. The summed E-state index contributed by atoms with van der Waals surface area (Å²) in [7, 11) is 5.82. The Morgan fingerprint density at radius 1 is 0.870 bits per heavy atom. The lowest BCUT2D eigenvalue weighted by Gasteiger charge is -2.32. The van der Waals surface area contributed by atoms with Crippen LogP contribution in [-0.4, -0.2) is 72.6 Å². The van der Waals surface area contributed by atoms with Gasteiger partial charge in [-0.3, -0.25) is 9.59 Å². The topological polar surface area (TPSA) is 40.6 Å². The molecule has 0 saturated carbocycles. The van der Waals surface area contributed by atoms with E-state index in [0.29, 0.717) is 24.4 Å². The molecule has 1 heterocycles. The average molecular weight is 361 g/mol. The van der Waals surface area contributed by atoms with Crippen molar-refractivity contribution in [3.63, 3.8) is 0 Å². The summed E-state index contributed by atoms with van der Waals surface area (Å²) in [6, 6.07) is 0. The number of ketones is 2. The highest BCUT2D eigenvalue weighted by molar-refractivity contribution is 8.76. The molecule has 4 nitrogen and oxygen atoms in total. The zero-order chi connectivity index (χ0) is 16.9. The standard InChI is InChI=1S/C17H32N2O2S2/c1-3-16(20)6-4-14-22-23-15-5-7-17(21)8-9-19-12-10-18(2)11-13-19/h3-15H2,1-2H3. The van der Waals surface area contributed by atoms with Crippen molar-refractivity contribution in [3.8, 4) is 0 Å². The Hall–Kier alpha value is -0.0400. The van der Waals surface area contributed by atoms with Gasteiger partial charge in [-0.1, -0.05) is 28.5 Å². The molecule has 0 bridgehead atoms. The second-order valence-electron chi connectivity index (χ2n) is 6.18. The third kappa shape index (κ3) is 11.2. The van der Waals surface area contributed by atoms with Crippen LogP contribution in [0.5, 0.6) is 0 Å². The Morgan fingerprint density at radius 3 is 2.00 bits per heavy atom. The molecular weight excluding hydrogens is 328 g/mol. The van der Waals surface area contributed by atoms with E-state index in [2.05, 4.69) is 16.8 Å². The van der Waals surface area contributed by atoms with Crippen molar-refractivity contribution in [2.75, 3.05) is 51.3 Å². The van der Waals surface area contributed by atoms with Crippen LogP contribution in [0.3, 0.4) is 0 Å². The number of Topliss-reactive ketones (excluding diaryl/α,β-unsaturated/α-hetero) is 2. The van der Waals surface area contributed by atoms with Crippen molar-refractivity contribution < 1.29 is 9.59 Å². The smallest absolute Gasteiger partial charge is 0.134 e. The van der Waals surface area contributed by atoms with E-state index in [-0.39, 0.29) is 0 Å². The van der Waals surface area contributed by atoms with E-state index in [9.17, 15) is 9.59 Å². The van der Waals surface area contributed by atoms with Crippen molar-refractivity contribution in [2.45, 2.75) is 45.4 Å². The molecular formula is C17H32N2O2S2. The van der Waals surface area contributed by atoms with Gasteiger partial charge in [0.2, 0.25) is 0 Å². The van der Waals surface area contributed by atoms with Crippen LogP contribution in [0, 0.1) is 0 Å². The van der Waals surface area contributed by atoms with Crippen molar-refractivity contribution >= 4 is 33.2 Å². The quantitative estimate of drug-likeness (QED) is 0.371. The Kier molecular flexibility index (Phi) is 12.1. The summed E-state index contributed by atoms with van der Waals surface area (Å²) in [5, 5.41) is 0. The van der Waals surface area contributed by atoms with Gasteiger partial charge in [-0.2, -0.15) is 0 Å². The monoisotopic (exact) mass is 360 g/mol. The maximum absolute atomic E-state index is 11.9. The summed E-state index contributed by atoms with van der Waals surface area (Å²) in [5.74, 6) is 2.84. The summed E-state index contributed by atoms with van der Waals surface area (Å²) >= 11 is 0. The van der Waals surface area contributed by atoms with Gasteiger partial charge in [0.15, 0.2) is 0 Å². The van der Waals surface area contributed by atoms with Crippen LogP contribution in [0.4, 0.5) is 0 Å². The number of piperazine rings is 1. The molecule has 1 aliphatic heterocycles. The van der Waals surface area contributed by atoms with Crippen LogP contribution >= 0.6 is 21.6 Å². The van der Waals surface area contributed by atoms with Gasteiger partial charge in [-0.15, -0.1) is 0 Å². The second kappa shape index (κ2) is 13.3. The lowest BCUT2D eigenvalue weighted by molar-refractivity contribution is -0.120. The number of carbonyl (C=O) groups excluding carboxylic acids is 2. The molecule has 1 fully saturated rings.